The standard InChI is InChI=1S/C6H16N2O5Si/c1-2-3-5(10,8-4(7)9)6(11,12)13-14/h10-12H,2-3H2,1,14H3,(H3,7,8,9). The molecule has 0 aliphatic rings. The van der Waals surface area contributed by atoms with Crippen molar-refractivity contribution in [3.05, 3.63) is 0 Å². The minimum Gasteiger partial charge on any atom is -0.377 e. The number of carbonyl (C=O) groups is 1. The normalized spacial score (nSPS) is 16.3. The summed E-state index contributed by atoms with van der Waals surface area (Å²) in [6.45, 7) is 1.69. The van der Waals surface area contributed by atoms with Gasteiger partial charge in [0.2, 0.25) is 5.72 Å². The lowest BCUT2D eigenvalue weighted by atomic mass is 10.1. The number of primary amides is 1. The van der Waals surface area contributed by atoms with Crippen molar-refractivity contribution >= 4 is 16.5 Å². The maximum absolute atomic E-state index is 10.5. The Bertz CT molecular complexity index is 212. The maximum atomic E-state index is 10.5. The van der Waals surface area contributed by atoms with E-state index in [0.717, 1.165) is 0 Å². The molecule has 2 amide bonds. The van der Waals surface area contributed by atoms with Gasteiger partial charge >= 0.3 is 12.0 Å². The van der Waals surface area contributed by atoms with Crippen molar-refractivity contribution in [2.45, 2.75) is 31.5 Å². The van der Waals surface area contributed by atoms with Gasteiger partial charge in [-0.15, -0.1) is 0 Å². The van der Waals surface area contributed by atoms with Gasteiger partial charge in [-0.2, -0.15) is 0 Å². The predicted octanol–water partition coefficient (Wildman–Crippen LogP) is -2.92. The summed E-state index contributed by atoms with van der Waals surface area (Å²) >= 11 is 0. The van der Waals surface area contributed by atoms with Crippen LogP contribution >= 0.6 is 0 Å². The number of hydrogen-bond acceptors (Lipinski definition) is 5. The van der Waals surface area contributed by atoms with Crippen LogP contribution in [0.3, 0.4) is 0 Å². The molecule has 84 valence electrons. The van der Waals surface area contributed by atoms with Crippen LogP contribution < -0.4 is 11.1 Å². The minimum atomic E-state index is -2.82. The van der Waals surface area contributed by atoms with E-state index in [0.29, 0.717) is 6.42 Å². The molecular formula is C6H16N2O5Si. The van der Waals surface area contributed by atoms with Crippen molar-refractivity contribution in [1.82, 2.24) is 5.32 Å². The molecule has 0 aliphatic carbocycles. The molecule has 0 bridgehead atoms. The van der Waals surface area contributed by atoms with Gasteiger partial charge in [-0.1, -0.05) is 13.3 Å². The molecule has 7 nitrogen and oxygen atoms in total. The van der Waals surface area contributed by atoms with Crippen LogP contribution in [0, 0.1) is 0 Å². The van der Waals surface area contributed by atoms with Gasteiger partial charge in [-0.3, -0.25) is 0 Å². The Morgan fingerprint density at radius 1 is 1.57 bits per heavy atom. The topological polar surface area (TPSA) is 125 Å². The highest BCUT2D eigenvalue weighted by molar-refractivity contribution is 5.98. The van der Waals surface area contributed by atoms with Crippen molar-refractivity contribution in [2.75, 3.05) is 0 Å². The first kappa shape index (κ1) is 13.3. The monoisotopic (exact) mass is 224 g/mol. The number of hydrogen-bond donors (Lipinski definition) is 5. The summed E-state index contributed by atoms with van der Waals surface area (Å²) < 4.78 is 4.39. The SMILES string of the molecule is CCCC(O)(NC(N)=O)C(O)(O)O[SiH3]. The average molecular weight is 224 g/mol. The third kappa shape index (κ3) is 2.92. The molecule has 1 atom stereocenters. The Labute approximate surface area is 84.4 Å². The second kappa shape index (κ2) is 4.71. The van der Waals surface area contributed by atoms with Crippen LogP contribution in [-0.2, 0) is 4.43 Å². The van der Waals surface area contributed by atoms with Crippen LogP contribution in [0.1, 0.15) is 19.8 Å². The minimum absolute atomic E-state index is 0.0164. The zero-order valence-electron chi connectivity index (χ0n) is 8.15. The lowest BCUT2D eigenvalue weighted by molar-refractivity contribution is -0.381. The second-order valence-corrected chi connectivity index (χ2v) is 3.32. The van der Waals surface area contributed by atoms with Crippen LogP contribution in [0.2, 0.25) is 0 Å². The molecule has 0 rings (SSSR count). The Hall–Kier alpha value is -0.673. The van der Waals surface area contributed by atoms with E-state index in [9.17, 15) is 20.1 Å². The Balaban J connectivity index is 4.78. The molecule has 0 saturated heterocycles. The molecule has 0 aliphatic heterocycles. The van der Waals surface area contributed by atoms with E-state index in [1.54, 1.807) is 6.92 Å². The second-order valence-electron chi connectivity index (χ2n) is 2.91. The molecule has 1 unspecified atom stereocenters. The van der Waals surface area contributed by atoms with E-state index in [2.05, 4.69) is 4.43 Å². The Kier molecular flexibility index (Phi) is 4.48. The molecule has 0 fully saturated rings. The van der Waals surface area contributed by atoms with Gasteiger partial charge in [-0.25, -0.2) is 4.79 Å². The molecule has 6 N–H and O–H groups in total. The van der Waals surface area contributed by atoms with Crippen molar-refractivity contribution in [1.29, 1.82) is 0 Å². The highest BCUT2D eigenvalue weighted by Crippen LogP contribution is 2.22. The predicted molar refractivity (Wildman–Crippen MR) is 50.8 cm³/mol. The van der Waals surface area contributed by atoms with Crippen LogP contribution in [0.5, 0.6) is 0 Å². The first-order valence-electron chi connectivity index (χ1n) is 4.09. The van der Waals surface area contributed by atoms with Crippen LogP contribution in [0.4, 0.5) is 4.79 Å². The zero-order chi connectivity index (χ0) is 11.4. The van der Waals surface area contributed by atoms with Gasteiger partial charge in [0.25, 0.3) is 0 Å². The van der Waals surface area contributed by atoms with Crippen LogP contribution in [-0.4, -0.2) is 43.5 Å². The van der Waals surface area contributed by atoms with Gasteiger partial charge in [0.15, 0.2) is 10.5 Å². The molecular weight excluding hydrogens is 208 g/mol. The number of carbonyl (C=O) groups excluding carboxylic acids is 1. The van der Waals surface area contributed by atoms with Gasteiger partial charge in [0.05, 0.1) is 0 Å². The van der Waals surface area contributed by atoms with Crippen molar-refractivity contribution < 1.29 is 24.5 Å². The number of nitrogens with one attached hydrogen (secondary N) is 1. The zero-order valence-corrected chi connectivity index (χ0v) is 10.1. The highest BCUT2D eigenvalue weighted by Gasteiger charge is 2.49. The molecule has 14 heavy (non-hydrogen) atoms. The Morgan fingerprint density at radius 2 is 2.07 bits per heavy atom. The number of amides is 2. The van der Waals surface area contributed by atoms with Crippen molar-refractivity contribution in [3.8, 4) is 0 Å². The van der Waals surface area contributed by atoms with E-state index in [-0.39, 0.29) is 16.9 Å². The molecule has 0 heterocycles. The first-order chi connectivity index (χ1) is 6.29. The van der Waals surface area contributed by atoms with Crippen LogP contribution in [0.25, 0.3) is 0 Å². The number of urea groups is 1. The Morgan fingerprint density at radius 3 is 2.36 bits per heavy atom. The fourth-order valence-corrected chi connectivity index (χ4v) is 1.38. The average Bonchev–Trinajstić information content (AvgIpc) is 2.03. The number of nitrogens with two attached hydrogens (primary N) is 1. The van der Waals surface area contributed by atoms with E-state index in [1.807, 2.05) is 5.32 Å². The summed E-state index contributed by atoms with van der Waals surface area (Å²) in [5.41, 5.74) is 2.50. The smallest absolute Gasteiger partial charge is 0.318 e. The summed E-state index contributed by atoms with van der Waals surface area (Å²) in [5.74, 6) is -2.82. The van der Waals surface area contributed by atoms with Crippen molar-refractivity contribution in [2.24, 2.45) is 5.73 Å². The van der Waals surface area contributed by atoms with E-state index >= 15 is 0 Å². The molecule has 0 aromatic heterocycles. The van der Waals surface area contributed by atoms with Gasteiger partial charge in [0, 0.05) is 6.42 Å². The molecule has 0 saturated carbocycles. The third-order valence-electron chi connectivity index (χ3n) is 1.77. The summed E-state index contributed by atoms with van der Waals surface area (Å²) in [4.78, 5) is 10.5. The molecule has 0 aromatic rings. The first-order valence-corrected chi connectivity index (χ1v) is 4.90. The van der Waals surface area contributed by atoms with Crippen LogP contribution in [0.15, 0.2) is 0 Å². The van der Waals surface area contributed by atoms with E-state index in [4.69, 9.17) is 5.73 Å². The largest absolute Gasteiger partial charge is 0.377 e. The van der Waals surface area contributed by atoms with E-state index < -0.39 is 17.7 Å². The van der Waals surface area contributed by atoms with E-state index in [1.165, 1.54) is 0 Å². The number of aliphatic hydroxyl groups is 3. The van der Waals surface area contributed by atoms with Gasteiger partial charge in [-0.05, 0) is 0 Å². The quantitative estimate of drug-likeness (QED) is 0.253. The lowest BCUT2D eigenvalue weighted by Gasteiger charge is -2.37. The molecule has 0 spiro atoms. The highest BCUT2D eigenvalue weighted by atomic mass is 28.2. The summed E-state index contributed by atoms with van der Waals surface area (Å²) in [6, 6.07) is -1.06. The van der Waals surface area contributed by atoms with Crippen molar-refractivity contribution in [3.63, 3.8) is 0 Å². The summed E-state index contributed by atoms with van der Waals surface area (Å²) in [6.07, 6.45) is 0.315. The van der Waals surface area contributed by atoms with Gasteiger partial charge in [0.1, 0.15) is 0 Å². The third-order valence-corrected chi connectivity index (χ3v) is 2.33. The lowest BCUT2D eigenvalue weighted by Crippen LogP contribution is -2.66. The summed E-state index contributed by atoms with van der Waals surface area (Å²) in [7, 11) is -0.0164. The van der Waals surface area contributed by atoms with Gasteiger partial charge < -0.3 is 30.8 Å². The maximum Gasteiger partial charge on any atom is 0.318 e. The summed E-state index contributed by atoms with van der Waals surface area (Å²) in [5, 5.41) is 30.1. The molecule has 0 radical (unpaired) electrons. The molecule has 0 aromatic carbocycles. The number of rotatable bonds is 5. The fourth-order valence-electron chi connectivity index (χ4n) is 1.04. The molecule has 8 heteroatoms. The fraction of sp³-hybridized carbons (Fsp3) is 0.833.